The summed E-state index contributed by atoms with van der Waals surface area (Å²) in [6.07, 6.45) is 1.03. The normalized spacial score (nSPS) is 12.3. The third kappa shape index (κ3) is 5.08. The second-order valence-electron chi connectivity index (χ2n) is 6.29. The summed E-state index contributed by atoms with van der Waals surface area (Å²) >= 11 is 6.12. The number of hydrogen-bond donors (Lipinski definition) is 1. The predicted molar refractivity (Wildman–Crippen MR) is 108 cm³/mol. The molecule has 0 aliphatic heterocycles. The molecule has 0 fully saturated rings. The van der Waals surface area contributed by atoms with Crippen LogP contribution in [0.1, 0.15) is 29.8 Å². The van der Waals surface area contributed by atoms with E-state index in [0.29, 0.717) is 22.0 Å². The maximum atomic E-state index is 12.7. The monoisotopic (exact) mass is 408 g/mol. The molecular formula is C19H21ClN2O4S. The Hall–Kier alpha value is -2.38. The SMILES string of the molecule is CC(=O)c1cccc(NC(=O)C(C)N(c2ccc(C)c(Cl)c2)S(C)(=O)=O)c1. The van der Waals surface area contributed by atoms with Gasteiger partial charge in [0.25, 0.3) is 0 Å². The van der Waals surface area contributed by atoms with Crippen molar-refractivity contribution in [3.05, 3.63) is 58.6 Å². The third-order valence-electron chi connectivity index (χ3n) is 4.04. The van der Waals surface area contributed by atoms with Gasteiger partial charge < -0.3 is 5.32 Å². The number of anilines is 2. The van der Waals surface area contributed by atoms with E-state index in [-0.39, 0.29) is 5.78 Å². The average Bonchev–Trinajstić information content (AvgIpc) is 2.57. The van der Waals surface area contributed by atoms with E-state index in [9.17, 15) is 18.0 Å². The van der Waals surface area contributed by atoms with E-state index in [2.05, 4.69) is 5.32 Å². The standard InChI is InChI=1S/C19H21ClN2O4S/c1-12-8-9-17(11-18(12)20)22(27(4,25)26)13(2)19(24)21-16-7-5-6-15(10-16)14(3)23/h5-11,13H,1-4H3,(H,21,24). The fraction of sp³-hybridized carbons (Fsp3) is 0.263. The molecule has 0 saturated heterocycles. The van der Waals surface area contributed by atoms with E-state index in [4.69, 9.17) is 11.6 Å². The van der Waals surface area contributed by atoms with Crippen LogP contribution in [0.3, 0.4) is 0 Å². The van der Waals surface area contributed by atoms with Crippen molar-refractivity contribution in [3.63, 3.8) is 0 Å². The topological polar surface area (TPSA) is 83.6 Å². The summed E-state index contributed by atoms with van der Waals surface area (Å²) in [5, 5.41) is 3.06. The van der Waals surface area contributed by atoms with Crippen LogP contribution in [-0.4, -0.2) is 32.4 Å². The summed E-state index contributed by atoms with van der Waals surface area (Å²) in [5.74, 6) is -0.663. The highest BCUT2D eigenvalue weighted by Crippen LogP contribution is 2.27. The van der Waals surface area contributed by atoms with E-state index in [1.165, 1.54) is 19.9 Å². The highest BCUT2D eigenvalue weighted by atomic mass is 35.5. The van der Waals surface area contributed by atoms with E-state index in [1.54, 1.807) is 43.3 Å². The van der Waals surface area contributed by atoms with Crippen LogP contribution < -0.4 is 9.62 Å². The van der Waals surface area contributed by atoms with Crippen LogP contribution in [-0.2, 0) is 14.8 Å². The summed E-state index contributed by atoms with van der Waals surface area (Å²) in [5.41, 5.74) is 1.96. The molecule has 0 heterocycles. The lowest BCUT2D eigenvalue weighted by atomic mass is 10.1. The number of amides is 1. The number of hydrogen-bond acceptors (Lipinski definition) is 4. The number of carbonyl (C=O) groups is 2. The highest BCUT2D eigenvalue weighted by molar-refractivity contribution is 7.92. The van der Waals surface area contributed by atoms with Crippen molar-refractivity contribution >= 4 is 44.7 Å². The Morgan fingerprint density at radius 3 is 2.37 bits per heavy atom. The van der Waals surface area contributed by atoms with Crippen molar-refractivity contribution in [2.45, 2.75) is 26.8 Å². The van der Waals surface area contributed by atoms with Crippen LogP contribution in [0.4, 0.5) is 11.4 Å². The van der Waals surface area contributed by atoms with Gasteiger partial charge in [-0.05, 0) is 50.6 Å². The van der Waals surface area contributed by atoms with Crippen molar-refractivity contribution in [2.75, 3.05) is 15.9 Å². The molecule has 0 bridgehead atoms. The zero-order chi connectivity index (χ0) is 20.4. The Morgan fingerprint density at radius 2 is 1.81 bits per heavy atom. The molecule has 0 saturated carbocycles. The number of ketones is 1. The Kier molecular flexibility index (Phi) is 6.28. The number of nitrogens with one attached hydrogen (secondary N) is 1. The van der Waals surface area contributed by atoms with Crippen LogP contribution in [0, 0.1) is 6.92 Å². The van der Waals surface area contributed by atoms with E-state index < -0.39 is 22.0 Å². The predicted octanol–water partition coefficient (Wildman–Crippen LogP) is 3.64. The van der Waals surface area contributed by atoms with Crippen LogP contribution in [0.2, 0.25) is 5.02 Å². The Balaban J connectivity index is 2.33. The number of halogens is 1. The van der Waals surface area contributed by atoms with E-state index in [1.807, 2.05) is 0 Å². The smallest absolute Gasteiger partial charge is 0.247 e. The lowest BCUT2D eigenvalue weighted by molar-refractivity contribution is -0.116. The zero-order valence-corrected chi connectivity index (χ0v) is 17.1. The highest BCUT2D eigenvalue weighted by Gasteiger charge is 2.29. The average molecular weight is 409 g/mol. The summed E-state index contributed by atoms with van der Waals surface area (Å²) in [4.78, 5) is 24.2. The quantitative estimate of drug-likeness (QED) is 0.739. The van der Waals surface area contributed by atoms with Crippen molar-refractivity contribution in [2.24, 2.45) is 0 Å². The summed E-state index contributed by atoms with van der Waals surface area (Å²) in [6.45, 7) is 4.71. The minimum absolute atomic E-state index is 0.133. The molecule has 144 valence electrons. The van der Waals surface area contributed by atoms with Gasteiger partial charge in [0.15, 0.2) is 5.78 Å². The molecule has 1 N–H and O–H groups in total. The van der Waals surface area contributed by atoms with E-state index in [0.717, 1.165) is 16.1 Å². The Morgan fingerprint density at radius 1 is 1.15 bits per heavy atom. The molecule has 2 aromatic rings. The van der Waals surface area contributed by atoms with Crippen molar-refractivity contribution in [3.8, 4) is 0 Å². The maximum absolute atomic E-state index is 12.7. The maximum Gasteiger partial charge on any atom is 0.247 e. The largest absolute Gasteiger partial charge is 0.324 e. The molecule has 27 heavy (non-hydrogen) atoms. The molecule has 1 atom stereocenters. The van der Waals surface area contributed by atoms with Gasteiger partial charge in [0.1, 0.15) is 6.04 Å². The minimum Gasteiger partial charge on any atom is -0.324 e. The third-order valence-corrected chi connectivity index (χ3v) is 5.68. The first-order valence-corrected chi connectivity index (χ1v) is 10.4. The number of sulfonamides is 1. The van der Waals surface area contributed by atoms with Gasteiger partial charge in [-0.15, -0.1) is 0 Å². The summed E-state index contributed by atoms with van der Waals surface area (Å²) in [6, 6.07) is 10.2. The molecule has 0 aromatic heterocycles. The van der Waals surface area contributed by atoms with Crippen molar-refractivity contribution in [1.82, 2.24) is 0 Å². The Labute approximate surface area is 164 Å². The van der Waals surface area contributed by atoms with Crippen LogP contribution >= 0.6 is 11.6 Å². The number of nitrogens with zero attached hydrogens (tertiary/aromatic N) is 1. The molecule has 0 spiro atoms. The second-order valence-corrected chi connectivity index (χ2v) is 8.56. The lowest BCUT2D eigenvalue weighted by Crippen LogP contribution is -2.45. The molecule has 0 aliphatic carbocycles. The minimum atomic E-state index is -3.75. The van der Waals surface area contributed by atoms with Gasteiger partial charge in [0.2, 0.25) is 15.9 Å². The fourth-order valence-corrected chi connectivity index (χ4v) is 3.93. The molecule has 0 aliphatic rings. The molecule has 2 aromatic carbocycles. The van der Waals surface area contributed by atoms with Crippen LogP contribution in [0.25, 0.3) is 0 Å². The number of carbonyl (C=O) groups excluding carboxylic acids is 2. The molecule has 1 amide bonds. The van der Waals surface area contributed by atoms with Gasteiger partial charge in [-0.25, -0.2) is 8.42 Å². The van der Waals surface area contributed by atoms with E-state index >= 15 is 0 Å². The zero-order valence-electron chi connectivity index (χ0n) is 15.5. The Bertz CT molecular complexity index is 989. The number of rotatable bonds is 6. The van der Waals surface area contributed by atoms with Crippen molar-refractivity contribution < 1.29 is 18.0 Å². The number of Topliss-reactive ketones (excluding diaryl/α,β-unsaturated/α-hetero) is 1. The molecular weight excluding hydrogens is 388 g/mol. The number of aryl methyl sites for hydroxylation is 1. The summed E-state index contributed by atoms with van der Waals surface area (Å²) < 4.78 is 25.7. The molecule has 6 nitrogen and oxygen atoms in total. The van der Waals surface area contributed by atoms with Gasteiger partial charge in [-0.2, -0.15) is 0 Å². The first kappa shape index (κ1) is 20.9. The second kappa shape index (κ2) is 8.10. The first-order valence-electron chi connectivity index (χ1n) is 8.18. The van der Waals surface area contributed by atoms with Crippen molar-refractivity contribution in [1.29, 1.82) is 0 Å². The van der Waals surface area contributed by atoms with Gasteiger partial charge in [0, 0.05) is 16.3 Å². The van der Waals surface area contributed by atoms with Gasteiger partial charge in [-0.3, -0.25) is 13.9 Å². The van der Waals surface area contributed by atoms with Gasteiger partial charge >= 0.3 is 0 Å². The summed E-state index contributed by atoms with van der Waals surface area (Å²) in [7, 11) is -3.75. The fourth-order valence-electron chi connectivity index (χ4n) is 2.59. The first-order chi connectivity index (χ1) is 12.5. The lowest BCUT2D eigenvalue weighted by Gasteiger charge is -2.28. The molecule has 0 radical (unpaired) electrons. The van der Waals surface area contributed by atoms with Gasteiger partial charge in [0.05, 0.1) is 11.9 Å². The molecule has 1 unspecified atom stereocenters. The van der Waals surface area contributed by atoms with Crippen LogP contribution in [0.5, 0.6) is 0 Å². The number of benzene rings is 2. The molecule has 8 heteroatoms. The van der Waals surface area contributed by atoms with Gasteiger partial charge in [-0.1, -0.05) is 29.8 Å². The van der Waals surface area contributed by atoms with Crippen LogP contribution in [0.15, 0.2) is 42.5 Å². The molecule has 2 rings (SSSR count).